The van der Waals surface area contributed by atoms with Gasteiger partial charge >= 0.3 is 0 Å². The van der Waals surface area contributed by atoms with Crippen molar-refractivity contribution in [2.24, 2.45) is 11.3 Å². The topological polar surface area (TPSA) is 53.4 Å². The molecule has 1 aromatic heterocycles. The van der Waals surface area contributed by atoms with Crippen LogP contribution >= 0.6 is 11.3 Å². The lowest BCUT2D eigenvalue weighted by Crippen LogP contribution is -2.46. The molecule has 0 saturated heterocycles. The van der Waals surface area contributed by atoms with Gasteiger partial charge in [0.1, 0.15) is 22.7 Å². The van der Waals surface area contributed by atoms with Crippen molar-refractivity contribution in [1.29, 1.82) is 0 Å². The van der Waals surface area contributed by atoms with Crippen molar-refractivity contribution in [2.45, 2.75) is 59.6 Å². The molecule has 1 amide bonds. The number of nitrogens with zero attached hydrogens (tertiary/aromatic N) is 2. The molecule has 0 aliphatic heterocycles. The van der Waals surface area contributed by atoms with Gasteiger partial charge in [0.2, 0.25) is 0 Å². The molecule has 0 aliphatic rings. The van der Waals surface area contributed by atoms with Crippen molar-refractivity contribution in [3.8, 4) is 10.6 Å². The van der Waals surface area contributed by atoms with Crippen molar-refractivity contribution in [1.82, 2.24) is 9.88 Å². The highest BCUT2D eigenvalue weighted by Crippen LogP contribution is 2.44. The molecule has 8 heteroatoms. The molecule has 3 aromatic rings. The van der Waals surface area contributed by atoms with Crippen molar-refractivity contribution >= 4 is 17.2 Å². The fraction of sp³-hybridized carbons (Fsp3) is 0.448. The third-order valence-electron chi connectivity index (χ3n) is 6.25. The van der Waals surface area contributed by atoms with E-state index in [1.165, 1.54) is 18.3 Å². The zero-order chi connectivity index (χ0) is 27.3. The van der Waals surface area contributed by atoms with E-state index in [0.717, 1.165) is 28.6 Å². The van der Waals surface area contributed by atoms with Crippen LogP contribution in [-0.2, 0) is 11.2 Å². The Labute approximate surface area is 221 Å². The highest BCUT2D eigenvalue weighted by molar-refractivity contribution is 7.15. The van der Waals surface area contributed by atoms with Crippen molar-refractivity contribution < 1.29 is 23.1 Å². The van der Waals surface area contributed by atoms with Crippen LogP contribution in [0, 0.1) is 23.0 Å². The molecule has 3 rings (SSSR count). The number of alkyl halides is 1. The van der Waals surface area contributed by atoms with Crippen LogP contribution in [0.25, 0.3) is 10.6 Å². The number of halogens is 3. The van der Waals surface area contributed by atoms with Crippen molar-refractivity contribution in [3.63, 3.8) is 0 Å². The van der Waals surface area contributed by atoms with E-state index >= 15 is 0 Å². The molecule has 0 saturated carbocycles. The van der Waals surface area contributed by atoms with Gasteiger partial charge in [-0.2, -0.15) is 0 Å². The first-order valence-electron chi connectivity index (χ1n) is 12.5. The van der Waals surface area contributed by atoms with Crippen molar-refractivity contribution in [2.75, 3.05) is 13.2 Å². The molecule has 0 unspecified atom stereocenters. The molecular formula is C29H35F3N2O2S. The first-order valence-corrected chi connectivity index (χ1v) is 13.3. The Bertz CT molecular complexity index is 1190. The van der Waals surface area contributed by atoms with Crippen LogP contribution in [0.4, 0.5) is 13.2 Å². The van der Waals surface area contributed by atoms with E-state index in [4.69, 9.17) is 4.98 Å². The third kappa shape index (κ3) is 7.20. The number of aliphatic hydroxyl groups excluding tert-OH is 1. The largest absolute Gasteiger partial charge is 0.384 e. The summed E-state index contributed by atoms with van der Waals surface area (Å²) in [6, 6.07) is 12.4. The van der Waals surface area contributed by atoms with Crippen LogP contribution in [0.1, 0.15) is 63.2 Å². The van der Waals surface area contributed by atoms with E-state index in [0.29, 0.717) is 23.5 Å². The first kappa shape index (κ1) is 28.9. The molecule has 3 atom stereocenters. The molecule has 200 valence electrons. The van der Waals surface area contributed by atoms with Crippen molar-refractivity contribution in [3.05, 3.63) is 76.3 Å². The lowest BCUT2D eigenvalue weighted by molar-refractivity contribution is -0.145. The van der Waals surface area contributed by atoms with Crippen LogP contribution in [0.5, 0.6) is 0 Å². The molecule has 0 bridgehead atoms. The molecule has 1 heterocycles. The lowest BCUT2D eigenvalue weighted by Gasteiger charge is -2.41. The standard InChI is InChI=1S/C29H35F3N2O2S/c1-18(17-30)13-14-34(28(36)19(2)35)26(29(3,4)5)25-24(15-20-9-7-6-8-10-20)37-27(33-25)22-16-21(31)11-12-23(22)32/h6-12,16,18-19,26,35H,13-15,17H2,1-5H3/t18-,19-,26+/m0/s1. The first-order chi connectivity index (χ1) is 17.4. The molecular weight excluding hydrogens is 497 g/mol. The SMILES string of the molecule is C[C@H](CF)CCN(C(=O)[C@H](C)O)[C@H](c1nc(-c2cc(F)ccc2F)sc1Cc1ccccc1)C(C)(C)C. The number of thiazole rings is 1. The molecule has 0 fully saturated rings. The number of rotatable bonds is 10. The minimum atomic E-state index is -1.26. The number of carbonyl (C=O) groups is 1. The maximum atomic E-state index is 14.8. The monoisotopic (exact) mass is 532 g/mol. The van der Waals surface area contributed by atoms with Gasteiger partial charge in [0.25, 0.3) is 5.91 Å². The third-order valence-corrected chi connectivity index (χ3v) is 7.36. The predicted molar refractivity (Wildman–Crippen MR) is 142 cm³/mol. The average molecular weight is 533 g/mol. The summed E-state index contributed by atoms with van der Waals surface area (Å²) in [5, 5.41) is 10.6. The lowest BCUT2D eigenvalue weighted by atomic mass is 9.82. The molecule has 0 radical (unpaired) electrons. The second kappa shape index (κ2) is 12.2. The van der Waals surface area contributed by atoms with Gasteiger partial charge in [-0.15, -0.1) is 11.3 Å². The Morgan fingerprint density at radius 2 is 1.78 bits per heavy atom. The highest BCUT2D eigenvalue weighted by Gasteiger charge is 2.39. The van der Waals surface area contributed by atoms with Crippen LogP contribution < -0.4 is 0 Å². The summed E-state index contributed by atoms with van der Waals surface area (Å²) in [5.41, 5.74) is 1.09. The van der Waals surface area contributed by atoms with Gasteiger partial charge in [-0.3, -0.25) is 9.18 Å². The van der Waals surface area contributed by atoms with E-state index in [2.05, 4.69) is 0 Å². The van der Waals surface area contributed by atoms with E-state index in [-0.39, 0.29) is 18.0 Å². The zero-order valence-corrected chi connectivity index (χ0v) is 22.8. The van der Waals surface area contributed by atoms with Gasteiger partial charge in [-0.1, -0.05) is 58.0 Å². The Hall–Kier alpha value is -2.71. The fourth-order valence-corrected chi connectivity index (χ4v) is 5.47. The van der Waals surface area contributed by atoms with Gasteiger partial charge in [0.15, 0.2) is 0 Å². The summed E-state index contributed by atoms with van der Waals surface area (Å²) in [7, 11) is 0. The normalized spacial score (nSPS) is 14.3. The van der Waals surface area contributed by atoms with Gasteiger partial charge < -0.3 is 10.0 Å². The van der Waals surface area contributed by atoms with E-state index in [1.54, 1.807) is 11.8 Å². The molecule has 0 spiro atoms. The summed E-state index contributed by atoms with van der Waals surface area (Å²) < 4.78 is 42.1. The smallest absolute Gasteiger partial charge is 0.251 e. The molecule has 1 N–H and O–H groups in total. The summed E-state index contributed by atoms with van der Waals surface area (Å²) in [4.78, 5) is 20.5. The van der Waals surface area contributed by atoms with Gasteiger partial charge in [-0.25, -0.2) is 13.8 Å². The second-order valence-corrected chi connectivity index (χ2v) is 11.7. The highest BCUT2D eigenvalue weighted by atomic mass is 32.1. The molecule has 2 aromatic carbocycles. The minimum Gasteiger partial charge on any atom is -0.384 e. The number of carbonyl (C=O) groups excluding carboxylic acids is 1. The van der Waals surface area contributed by atoms with E-state index in [1.807, 2.05) is 51.1 Å². The maximum absolute atomic E-state index is 14.8. The Kier molecular flexibility index (Phi) is 9.53. The second-order valence-electron chi connectivity index (χ2n) is 10.6. The average Bonchev–Trinajstić information content (AvgIpc) is 3.24. The zero-order valence-electron chi connectivity index (χ0n) is 22.0. The Morgan fingerprint density at radius 1 is 1.11 bits per heavy atom. The van der Waals surface area contributed by atoms with Gasteiger partial charge in [0, 0.05) is 23.4 Å². The fourth-order valence-electron chi connectivity index (χ4n) is 4.33. The predicted octanol–water partition coefficient (Wildman–Crippen LogP) is 6.97. The minimum absolute atomic E-state index is 0.0534. The van der Waals surface area contributed by atoms with E-state index < -0.39 is 41.8 Å². The Morgan fingerprint density at radius 3 is 2.38 bits per heavy atom. The molecule has 37 heavy (non-hydrogen) atoms. The number of amides is 1. The van der Waals surface area contributed by atoms with Crippen LogP contribution in [0.15, 0.2) is 48.5 Å². The number of aliphatic hydroxyl groups is 1. The summed E-state index contributed by atoms with van der Waals surface area (Å²) in [5.74, 6) is -1.91. The van der Waals surface area contributed by atoms with Crippen LogP contribution in [0.3, 0.4) is 0 Å². The van der Waals surface area contributed by atoms with Crippen LogP contribution in [0.2, 0.25) is 0 Å². The van der Waals surface area contributed by atoms with Gasteiger partial charge in [0.05, 0.1) is 18.4 Å². The summed E-state index contributed by atoms with van der Waals surface area (Å²) in [6.45, 7) is 8.78. The Balaban J connectivity index is 2.21. The maximum Gasteiger partial charge on any atom is 0.251 e. The molecule has 0 aliphatic carbocycles. The van der Waals surface area contributed by atoms with E-state index in [9.17, 15) is 23.1 Å². The molecule has 4 nitrogen and oxygen atoms in total. The quantitative estimate of drug-likeness (QED) is 0.307. The van der Waals surface area contributed by atoms with Crippen LogP contribution in [-0.4, -0.2) is 40.2 Å². The summed E-state index contributed by atoms with van der Waals surface area (Å²) in [6.07, 6.45) is -0.373. The number of hydrogen-bond donors (Lipinski definition) is 1. The number of hydrogen-bond acceptors (Lipinski definition) is 4. The van der Waals surface area contributed by atoms with Gasteiger partial charge in [-0.05, 0) is 48.4 Å². The summed E-state index contributed by atoms with van der Waals surface area (Å²) >= 11 is 1.26. The number of aromatic nitrogens is 1. The number of benzene rings is 2.